The van der Waals surface area contributed by atoms with Crippen molar-refractivity contribution in [3.8, 4) is 0 Å². The van der Waals surface area contributed by atoms with Gasteiger partial charge in [0.15, 0.2) is 0 Å². The lowest BCUT2D eigenvalue weighted by Crippen LogP contribution is -2.51. The number of rotatable bonds is 4. The highest BCUT2D eigenvalue weighted by atomic mass is 16.4. The molecule has 3 aromatic rings. The Balaban J connectivity index is 1.37. The van der Waals surface area contributed by atoms with Crippen molar-refractivity contribution >= 4 is 27.8 Å². The number of nitrogens with one attached hydrogen (secondary N) is 1. The lowest BCUT2D eigenvalue weighted by molar-refractivity contribution is -0.120. The highest BCUT2D eigenvalue weighted by Crippen LogP contribution is 2.35. The molecule has 1 aromatic carbocycles. The number of nitrogens with zero attached hydrogens (tertiary/aromatic N) is 1. The summed E-state index contributed by atoms with van der Waals surface area (Å²) in [4.78, 5) is 28.3. The molecule has 2 fully saturated rings. The molecule has 0 bridgehead atoms. The Morgan fingerprint density at radius 3 is 2.68 bits per heavy atom. The zero-order valence-electron chi connectivity index (χ0n) is 20.8. The maximum absolute atomic E-state index is 12.9. The molecule has 4 heterocycles. The fraction of sp³-hybridized carbons (Fsp3) is 0.571. The minimum atomic E-state index is -0.446. The van der Waals surface area contributed by atoms with Crippen molar-refractivity contribution in [3.05, 3.63) is 45.5 Å². The molecule has 0 saturated carbocycles. The zero-order valence-corrected chi connectivity index (χ0v) is 20.8. The third-order valence-electron chi connectivity index (χ3n) is 7.92. The number of piperidine rings is 2. The van der Waals surface area contributed by atoms with Crippen molar-refractivity contribution in [3.63, 3.8) is 0 Å². The van der Waals surface area contributed by atoms with Gasteiger partial charge in [-0.25, -0.2) is 4.79 Å². The molecule has 2 aliphatic rings. The first kappa shape index (κ1) is 23.2. The van der Waals surface area contributed by atoms with E-state index in [0.717, 1.165) is 28.3 Å². The van der Waals surface area contributed by atoms with Crippen LogP contribution in [-0.2, 0) is 16.6 Å². The minimum absolute atomic E-state index is 0.0424. The van der Waals surface area contributed by atoms with Gasteiger partial charge in [-0.3, -0.25) is 4.79 Å². The molecule has 34 heavy (non-hydrogen) atoms. The average molecular weight is 465 g/mol. The number of amides is 1. The monoisotopic (exact) mass is 464 g/mol. The highest BCUT2D eigenvalue weighted by Gasteiger charge is 2.33. The number of hydrogen-bond donors (Lipinski definition) is 1. The Morgan fingerprint density at radius 1 is 1.09 bits per heavy atom. The Hall–Kier alpha value is -2.60. The zero-order chi connectivity index (χ0) is 24.0. The molecule has 2 saturated heterocycles. The molecule has 5 rings (SSSR count). The molecule has 2 aliphatic heterocycles. The lowest BCUT2D eigenvalue weighted by atomic mass is 9.83. The Labute approximate surface area is 200 Å². The molecule has 2 unspecified atom stereocenters. The smallest absolute Gasteiger partial charge is 0.340 e. The van der Waals surface area contributed by atoms with Crippen molar-refractivity contribution in [2.45, 2.75) is 77.7 Å². The van der Waals surface area contributed by atoms with E-state index < -0.39 is 5.63 Å². The SMILES string of the molecule is Cc1c(CC(=O)NCC2CCCN3CCCCC23)c(=O)oc2cc3occ(C(C)(C)C)c3cc12. The molecule has 2 aromatic heterocycles. The molecule has 0 aliphatic carbocycles. The number of furan rings is 1. The summed E-state index contributed by atoms with van der Waals surface area (Å²) < 4.78 is 11.4. The molecule has 6 heteroatoms. The molecule has 0 radical (unpaired) electrons. The number of carbonyl (C=O) groups is 1. The van der Waals surface area contributed by atoms with E-state index in [0.29, 0.717) is 35.2 Å². The summed E-state index contributed by atoms with van der Waals surface area (Å²) in [6.07, 6.45) is 7.98. The molecule has 1 amide bonds. The van der Waals surface area contributed by atoms with Gasteiger partial charge in [0.1, 0.15) is 11.2 Å². The highest BCUT2D eigenvalue weighted by molar-refractivity contribution is 5.97. The number of benzene rings is 1. The molecular weight excluding hydrogens is 428 g/mol. The van der Waals surface area contributed by atoms with Gasteiger partial charge in [-0.1, -0.05) is 27.2 Å². The van der Waals surface area contributed by atoms with Gasteiger partial charge in [0.05, 0.1) is 18.2 Å². The Kier molecular flexibility index (Phi) is 6.05. The van der Waals surface area contributed by atoms with Gasteiger partial charge in [0.25, 0.3) is 0 Å². The molecule has 0 spiro atoms. The van der Waals surface area contributed by atoms with Crippen molar-refractivity contribution in [2.75, 3.05) is 19.6 Å². The van der Waals surface area contributed by atoms with Crippen molar-refractivity contribution in [2.24, 2.45) is 5.92 Å². The topological polar surface area (TPSA) is 75.7 Å². The van der Waals surface area contributed by atoms with Crippen molar-refractivity contribution in [1.29, 1.82) is 0 Å². The summed E-state index contributed by atoms with van der Waals surface area (Å²) in [5.41, 5.74) is 3.03. The van der Waals surface area contributed by atoms with Crippen molar-refractivity contribution < 1.29 is 13.6 Å². The number of fused-ring (bicyclic) bond motifs is 3. The molecular formula is C28H36N2O4. The van der Waals surface area contributed by atoms with Gasteiger partial charge < -0.3 is 19.1 Å². The number of hydrogen-bond acceptors (Lipinski definition) is 5. The quantitative estimate of drug-likeness (QED) is 0.546. The van der Waals surface area contributed by atoms with Crippen LogP contribution in [0.1, 0.15) is 69.6 Å². The third-order valence-corrected chi connectivity index (χ3v) is 7.92. The molecule has 1 N–H and O–H groups in total. The summed E-state index contributed by atoms with van der Waals surface area (Å²) >= 11 is 0. The third kappa shape index (κ3) is 4.28. The predicted octanol–water partition coefficient (Wildman–Crippen LogP) is 5.07. The normalized spacial score (nSPS) is 21.6. The van der Waals surface area contributed by atoms with E-state index >= 15 is 0 Å². The van der Waals surface area contributed by atoms with Crippen LogP contribution >= 0.6 is 0 Å². The lowest BCUT2D eigenvalue weighted by Gasteiger charge is -2.44. The van der Waals surface area contributed by atoms with Crippen LogP contribution in [0.25, 0.3) is 21.9 Å². The maximum atomic E-state index is 12.9. The van der Waals surface area contributed by atoms with Crippen LogP contribution in [0.2, 0.25) is 0 Å². The van der Waals surface area contributed by atoms with E-state index in [1.807, 2.05) is 13.0 Å². The molecule has 6 nitrogen and oxygen atoms in total. The van der Waals surface area contributed by atoms with Crippen LogP contribution in [0, 0.1) is 12.8 Å². The second-order valence-corrected chi connectivity index (χ2v) is 11.2. The molecule has 182 valence electrons. The first-order valence-electron chi connectivity index (χ1n) is 12.7. The van der Waals surface area contributed by atoms with Gasteiger partial charge in [-0.05, 0) is 68.7 Å². The maximum Gasteiger partial charge on any atom is 0.340 e. The summed E-state index contributed by atoms with van der Waals surface area (Å²) in [5.74, 6) is 0.389. The predicted molar refractivity (Wildman–Crippen MR) is 134 cm³/mol. The fourth-order valence-corrected chi connectivity index (χ4v) is 5.98. The van der Waals surface area contributed by atoms with Gasteiger partial charge >= 0.3 is 5.63 Å². The largest absolute Gasteiger partial charge is 0.464 e. The summed E-state index contributed by atoms with van der Waals surface area (Å²) in [6, 6.07) is 4.41. The van der Waals surface area contributed by atoms with E-state index in [-0.39, 0.29) is 17.7 Å². The minimum Gasteiger partial charge on any atom is -0.464 e. The number of carbonyl (C=O) groups excluding carboxylic acids is 1. The van der Waals surface area contributed by atoms with Gasteiger partial charge in [0, 0.05) is 35.0 Å². The summed E-state index contributed by atoms with van der Waals surface area (Å²) in [7, 11) is 0. The van der Waals surface area contributed by atoms with Crippen LogP contribution in [0.3, 0.4) is 0 Å². The van der Waals surface area contributed by atoms with E-state index in [4.69, 9.17) is 8.83 Å². The molecule has 2 atom stereocenters. The Bertz CT molecular complexity index is 1280. The van der Waals surface area contributed by atoms with Crippen LogP contribution in [0.5, 0.6) is 0 Å². The second-order valence-electron chi connectivity index (χ2n) is 11.2. The van der Waals surface area contributed by atoms with E-state index in [1.54, 1.807) is 12.3 Å². The van der Waals surface area contributed by atoms with Crippen molar-refractivity contribution in [1.82, 2.24) is 10.2 Å². The summed E-state index contributed by atoms with van der Waals surface area (Å²) in [6.45, 7) is 11.4. The van der Waals surface area contributed by atoms with Gasteiger partial charge in [0.2, 0.25) is 5.91 Å². The van der Waals surface area contributed by atoms with Crippen LogP contribution in [-0.4, -0.2) is 36.5 Å². The van der Waals surface area contributed by atoms with E-state index in [9.17, 15) is 9.59 Å². The Morgan fingerprint density at radius 2 is 1.88 bits per heavy atom. The van der Waals surface area contributed by atoms with Crippen LogP contribution in [0.15, 0.2) is 32.0 Å². The summed E-state index contributed by atoms with van der Waals surface area (Å²) in [5, 5.41) is 5.00. The second kappa shape index (κ2) is 8.88. The van der Waals surface area contributed by atoms with Gasteiger partial charge in [-0.15, -0.1) is 0 Å². The van der Waals surface area contributed by atoms with Crippen LogP contribution in [0.4, 0.5) is 0 Å². The van der Waals surface area contributed by atoms with Crippen LogP contribution < -0.4 is 10.9 Å². The van der Waals surface area contributed by atoms with Gasteiger partial charge in [-0.2, -0.15) is 0 Å². The number of aryl methyl sites for hydroxylation is 1. The average Bonchev–Trinajstić information content (AvgIpc) is 3.23. The van der Waals surface area contributed by atoms with E-state index in [2.05, 4.69) is 31.0 Å². The fourth-order valence-electron chi connectivity index (χ4n) is 5.98. The standard InChI is InChI=1S/C28H36N2O4/c1-17-19-12-21-22(28(2,3)4)16-33-24(21)14-25(19)34-27(32)20(17)13-26(31)29-15-18-8-7-11-30-10-6-5-9-23(18)30/h12,14,16,18,23H,5-11,13,15H2,1-4H3,(H,29,31). The van der Waals surface area contributed by atoms with E-state index in [1.165, 1.54) is 38.8 Å². The first-order chi connectivity index (χ1) is 16.2. The first-order valence-corrected chi connectivity index (χ1v) is 12.7.